The zero-order valence-corrected chi connectivity index (χ0v) is 13.5. The van der Waals surface area contributed by atoms with E-state index in [1.165, 1.54) is 14.2 Å². The number of imidazole rings is 1. The minimum Gasteiger partial charge on any atom is -0.468 e. The minimum atomic E-state index is -0.555. The molecule has 0 aliphatic heterocycles. The summed E-state index contributed by atoms with van der Waals surface area (Å²) in [5.41, 5.74) is 0.959. The van der Waals surface area contributed by atoms with E-state index in [1.54, 1.807) is 24.3 Å². The molecule has 0 saturated carbocycles. The van der Waals surface area contributed by atoms with Gasteiger partial charge in [-0.1, -0.05) is 23.4 Å². The van der Waals surface area contributed by atoms with E-state index in [1.807, 2.05) is 0 Å². The number of aromatic amines is 1. The van der Waals surface area contributed by atoms with Gasteiger partial charge in [0.1, 0.15) is 10.9 Å². The Balaban J connectivity index is 2.32. The number of rotatable bonds is 5. The van der Waals surface area contributed by atoms with Crippen LogP contribution in [0.25, 0.3) is 11.4 Å². The van der Waals surface area contributed by atoms with Crippen LogP contribution in [0, 0.1) is 0 Å². The van der Waals surface area contributed by atoms with Crippen LogP contribution in [0.2, 0.25) is 5.02 Å². The highest BCUT2D eigenvalue weighted by atomic mass is 35.5. The number of esters is 2. The van der Waals surface area contributed by atoms with Crippen LogP contribution in [0.15, 0.2) is 29.3 Å². The van der Waals surface area contributed by atoms with E-state index >= 15 is 0 Å². The highest BCUT2D eigenvalue weighted by Crippen LogP contribution is 2.26. The van der Waals surface area contributed by atoms with Crippen molar-refractivity contribution in [2.45, 2.75) is 5.03 Å². The van der Waals surface area contributed by atoms with Crippen LogP contribution in [0.3, 0.4) is 0 Å². The molecule has 0 amide bonds. The summed E-state index contributed by atoms with van der Waals surface area (Å²) in [6.07, 6.45) is 0. The fraction of sp³-hybridized carbons (Fsp3) is 0.214. The molecule has 0 bridgehead atoms. The zero-order chi connectivity index (χ0) is 16.1. The van der Waals surface area contributed by atoms with Crippen LogP contribution in [-0.4, -0.2) is 41.9 Å². The van der Waals surface area contributed by atoms with Crippen LogP contribution in [-0.2, 0) is 14.3 Å². The van der Waals surface area contributed by atoms with Crippen molar-refractivity contribution in [2.75, 3.05) is 20.0 Å². The fourth-order valence-corrected chi connectivity index (χ4v) is 2.57. The Morgan fingerprint density at radius 1 is 1.23 bits per heavy atom. The van der Waals surface area contributed by atoms with Crippen LogP contribution in [0.4, 0.5) is 0 Å². The second kappa shape index (κ2) is 7.33. The topological polar surface area (TPSA) is 81.3 Å². The Bertz CT molecular complexity index is 685. The summed E-state index contributed by atoms with van der Waals surface area (Å²) >= 11 is 6.95. The van der Waals surface area contributed by atoms with Crippen molar-refractivity contribution in [3.63, 3.8) is 0 Å². The standard InChI is InChI=1S/C14H13ClN2O4S/c1-20-10(18)7-22-13-11(14(19)21-2)16-12(17-13)8-3-5-9(15)6-4-8/h3-6H,7H2,1-2H3,(H,16,17). The Morgan fingerprint density at radius 2 is 1.91 bits per heavy atom. The van der Waals surface area contributed by atoms with E-state index in [4.69, 9.17) is 16.3 Å². The third-order valence-corrected chi connectivity index (χ3v) is 3.93. The second-order valence-corrected chi connectivity index (χ2v) is 5.53. The van der Waals surface area contributed by atoms with E-state index in [0.717, 1.165) is 17.3 Å². The molecule has 116 valence electrons. The van der Waals surface area contributed by atoms with Crippen molar-refractivity contribution in [3.8, 4) is 11.4 Å². The van der Waals surface area contributed by atoms with Gasteiger partial charge in [0.25, 0.3) is 0 Å². The van der Waals surface area contributed by atoms with Crippen molar-refractivity contribution in [1.82, 2.24) is 9.97 Å². The van der Waals surface area contributed by atoms with Gasteiger partial charge in [-0.05, 0) is 24.3 Å². The monoisotopic (exact) mass is 340 g/mol. The molecule has 0 atom stereocenters. The second-order valence-electron chi connectivity index (χ2n) is 4.13. The summed E-state index contributed by atoms with van der Waals surface area (Å²) in [5.74, 6) is -0.424. The predicted molar refractivity (Wildman–Crippen MR) is 83.1 cm³/mol. The molecule has 0 unspecified atom stereocenters. The van der Waals surface area contributed by atoms with Crippen molar-refractivity contribution in [2.24, 2.45) is 0 Å². The van der Waals surface area contributed by atoms with Crippen molar-refractivity contribution >= 4 is 35.3 Å². The van der Waals surface area contributed by atoms with Gasteiger partial charge in [0.15, 0.2) is 5.69 Å². The van der Waals surface area contributed by atoms with Gasteiger partial charge in [-0.15, -0.1) is 0 Å². The highest BCUT2D eigenvalue weighted by Gasteiger charge is 2.20. The summed E-state index contributed by atoms with van der Waals surface area (Å²) in [6, 6.07) is 6.99. The lowest BCUT2D eigenvalue weighted by Crippen LogP contribution is -2.06. The quantitative estimate of drug-likeness (QED) is 0.665. The Kier molecular flexibility index (Phi) is 5.46. The van der Waals surface area contributed by atoms with Crippen molar-refractivity contribution in [3.05, 3.63) is 35.0 Å². The number of benzene rings is 1. The number of H-pyrrole nitrogens is 1. The third-order valence-electron chi connectivity index (χ3n) is 2.73. The molecule has 0 fully saturated rings. The molecule has 0 saturated heterocycles. The molecule has 1 N–H and O–H groups in total. The average molecular weight is 341 g/mol. The molecule has 0 aliphatic rings. The normalized spacial score (nSPS) is 10.3. The zero-order valence-electron chi connectivity index (χ0n) is 11.9. The van der Waals surface area contributed by atoms with Crippen LogP contribution in [0.1, 0.15) is 10.5 Å². The summed E-state index contributed by atoms with van der Waals surface area (Å²) in [4.78, 5) is 30.3. The number of ether oxygens (including phenoxy) is 2. The first-order valence-electron chi connectivity index (χ1n) is 6.19. The van der Waals surface area contributed by atoms with Crippen molar-refractivity contribution in [1.29, 1.82) is 0 Å². The Hall–Kier alpha value is -1.99. The van der Waals surface area contributed by atoms with E-state index in [0.29, 0.717) is 15.9 Å². The minimum absolute atomic E-state index is 0.0470. The summed E-state index contributed by atoms with van der Waals surface area (Å²) in [5, 5.41) is 0.978. The SMILES string of the molecule is COC(=O)CSc1nc(-c2ccc(Cl)cc2)[nH]c1C(=O)OC. The summed E-state index contributed by atoms with van der Waals surface area (Å²) < 4.78 is 9.29. The molecule has 6 nitrogen and oxygen atoms in total. The molecule has 1 aromatic carbocycles. The number of thioether (sulfide) groups is 1. The molecule has 2 aromatic rings. The maximum Gasteiger partial charge on any atom is 0.357 e. The predicted octanol–water partition coefficient (Wildman–Crippen LogP) is 2.78. The van der Waals surface area contributed by atoms with Gasteiger partial charge < -0.3 is 14.5 Å². The molecule has 22 heavy (non-hydrogen) atoms. The van der Waals surface area contributed by atoms with Crippen LogP contribution in [0.5, 0.6) is 0 Å². The molecule has 0 aliphatic carbocycles. The van der Waals surface area contributed by atoms with Gasteiger partial charge in [0.2, 0.25) is 0 Å². The lowest BCUT2D eigenvalue weighted by Gasteiger charge is -1.99. The molecular formula is C14H13ClN2O4S. The van der Waals surface area contributed by atoms with Gasteiger partial charge in [0, 0.05) is 10.6 Å². The van der Waals surface area contributed by atoms with Gasteiger partial charge in [-0.3, -0.25) is 4.79 Å². The fourth-order valence-electron chi connectivity index (χ4n) is 1.63. The molecule has 0 spiro atoms. The molecular weight excluding hydrogens is 328 g/mol. The number of nitrogens with one attached hydrogen (secondary N) is 1. The summed E-state index contributed by atoms with van der Waals surface area (Å²) in [6.45, 7) is 0. The largest absolute Gasteiger partial charge is 0.468 e. The molecule has 8 heteroatoms. The lowest BCUT2D eigenvalue weighted by molar-refractivity contribution is -0.137. The first-order valence-corrected chi connectivity index (χ1v) is 7.55. The van der Waals surface area contributed by atoms with Gasteiger partial charge in [-0.2, -0.15) is 0 Å². The van der Waals surface area contributed by atoms with Gasteiger partial charge in [0.05, 0.1) is 20.0 Å². The van der Waals surface area contributed by atoms with Gasteiger partial charge in [-0.25, -0.2) is 9.78 Å². The van der Waals surface area contributed by atoms with E-state index in [9.17, 15) is 9.59 Å². The first kappa shape index (κ1) is 16.4. The number of nitrogens with zero attached hydrogens (tertiary/aromatic N) is 1. The number of halogens is 1. The third kappa shape index (κ3) is 3.80. The highest BCUT2D eigenvalue weighted by molar-refractivity contribution is 8.00. The molecule has 0 radical (unpaired) electrons. The first-order chi connectivity index (χ1) is 10.5. The Labute approximate surface area is 136 Å². The van der Waals surface area contributed by atoms with E-state index < -0.39 is 11.9 Å². The molecule has 1 aromatic heterocycles. The maximum atomic E-state index is 11.8. The number of aromatic nitrogens is 2. The number of carbonyl (C=O) groups is 2. The maximum absolute atomic E-state index is 11.8. The summed E-state index contributed by atoms with van der Waals surface area (Å²) in [7, 11) is 2.58. The number of carbonyl (C=O) groups excluding carboxylic acids is 2. The average Bonchev–Trinajstić information content (AvgIpc) is 2.96. The number of hydrogen-bond acceptors (Lipinski definition) is 6. The van der Waals surface area contributed by atoms with Crippen LogP contribution < -0.4 is 0 Å². The smallest absolute Gasteiger partial charge is 0.357 e. The molecule has 2 rings (SSSR count). The van der Waals surface area contributed by atoms with E-state index in [2.05, 4.69) is 14.7 Å². The number of methoxy groups -OCH3 is 2. The van der Waals surface area contributed by atoms with E-state index in [-0.39, 0.29) is 11.4 Å². The number of hydrogen-bond donors (Lipinski definition) is 1. The lowest BCUT2D eigenvalue weighted by atomic mass is 10.2. The van der Waals surface area contributed by atoms with Crippen LogP contribution >= 0.6 is 23.4 Å². The van der Waals surface area contributed by atoms with Gasteiger partial charge >= 0.3 is 11.9 Å². The van der Waals surface area contributed by atoms with Crippen molar-refractivity contribution < 1.29 is 19.1 Å². The molecule has 1 heterocycles. The Morgan fingerprint density at radius 3 is 2.50 bits per heavy atom.